The summed E-state index contributed by atoms with van der Waals surface area (Å²) in [6.45, 7) is 5.14. The third kappa shape index (κ3) is 3.80. The van der Waals surface area contributed by atoms with Crippen molar-refractivity contribution in [3.05, 3.63) is 17.0 Å². The molecule has 1 aromatic rings. The molecule has 2 rings (SSSR count). The standard InChI is InChI=1S/C12H19ClN4O/c1-9-14-7-11(13)12(16-9)15-6-10(18)8-17-4-2-3-5-17/h7,10,18H,2-6,8H2,1H3,(H,14,15,16). The van der Waals surface area contributed by atoms with E-state index in [1.807, 2.05) is 6.92 Å². The quantitative estimate of drug-likeness (QED) is 0.845. The topological polar surface area (TPSA) is 61.3 Å². The zero-order valence-electron chi connectivity index (χ0n) is 10.6. The Labute approximate surface area is 112 Å². The summed E-state index contributed by atoms with van der Waals surface area (Å²) in [5.74, 6) is 1.25. The minimum Gasteiger partial charge on any atom is -0.390 e. The van der Waals surface area contributed by atoms with Gasteiger partial charge in [0.05, 0.1) is 12.3 Å². The number of nitrogens with one attached hydrogen (secondary N) is 1. The van der Waals surface area contributed by atoms with Gasteiger partial charge in [0.25, 0.3) is 0 Å². The lowest BCUT2D eigenvalue weighted by molar-refractivity contribution is 0.135. The first kappa shape index (κ1) is 13.5. The first-order chi connectivity index (χ1) is 8.65. The van der Waals surface area contributed by atoms with Crippen LogP contribution in [0.2, 0.25) is 5.02 Å². The van der Waals surface area contributed by atoms with Crippen molar-refractivity contribution in [2.45, 2.75) is 25.9 Å². The average Bonchev–Trinajstić information content (AvgIpc) is 2.83. The number of aliphatic hydroxyl groups is 1. The smallest absolute Gasteiger partial charge is 0.148 e. The Bertz CT molecular complexity index is 396. The van der Waals surface area contributed by atoms with Crippen LogP contribution in [0.25, 0.3) is 0 Å². The van der Waals surface area contributed by atoms with Crippen molar-refractivity contribution in [3.8, 4) is 0 Å². The van der Waals surface area contributed by atoms with Crippen LogP contribution in [0.3, 0.4) is 0 Å². The number of rotatable bonds is 5. The first-order valence-electron chi connectivity index (χ1n) is 6.28. The van der Waals surface area contributed by atoms with E-state index in [2.05, 4.69) is 20.2 Å². The van der Waals surface area contributed by atoms with Crippen molar-refractivity contribution in [1.82, 2.24) is 14.9 Å². The zero-order valence-corrected chi connectivity index (χ0v) is 11.3. The Balaban J connectivity index is 1.81. The molecule has 100 valence electrons. The summed E-state index contributed by atoms with van der Waals surface area (Å²) < 4.78 is 0. The van der Waals surface area contributed by atoms with Crippen molar-refractivity contribution < 1.29 is 5.11 Å². The number of β-amino-alcohol motifs (C(OH)–C–C–N with tert-alkyl or cyclic N) is 1. The molecular weight excluding hydrogens is 252 g/mol. The molecule has 2 heterocycles. The number of anilines is 1. The van der Waals surface area contributed by atoms with Gasteiger partial charge in [-0.1, -0.05) is 11.6 Å². The van der Waals surface area contributed by atoms with Gasteiger partial charge < -0.3 is 15.3 Å². The van der Waals surface area contributed by atoms with E-state index in [1.54, 1.807) is 6.20 Å². The molecule has 1 fully saturated rings. The van der Waals surface area contributed by atoms with E-state index in [1.165, 1.54) is 12.8 Å². The molecular formula is C12H19ClN4O. The van der Waals surface area contributed by atoms with Gasteiger partial charge in [0.1, 0.15) is 16.7 Å². The second kappa shape index (κ2) is 6.31. The van der Waals surface area contributed by atoms with E-state index in [0.717, 1.165) is 13.1 Å². The van der Waals surface area contributed by atoms with Crippen LogP contribution in [0, 0.1) is 6.92 Å². The van der Waals surface area contributed by atoms with E-state index in [9.17, 15) is 5.11 Å². The number of halogens is 1. The van der Waals surface area contributed by atoms with Crippen LogP contribution >= 0.6 is 11.6 Å². The number of aryl methyl sites for hydroxylation is 1. The molecule has 1 aliphatic heterocycles. The molecule has 1 saturated heterocycles. The Morgan fingerprint density at radius 3 is 2.94 bits per heavy atom. The fourth-order valence-corrected chi connectivity index (χ4v) is 2.28. The SMILES string of the molecule is Cc1ncc(Cl)c(NCC(O)CN2CCCC2)n1. The number of aliphatic hydroxyl groups excluding tert-OH is 1. The van der Waals surface area contributed by atoms with E-state index in [0.29, 0.717) is 29.8 Å². The summed E-state index contributed by atoms with van der Waals surface area (Å²) >= 11 is 5.97. The van der Waals surface area contributed by atoms with Crippen molar-refractivity contribution in [2.75, 3.05) is 31.5 Å². The van der Waals surface area contributed by atoms with Crippen molar-refractivity contribution in [3.63, 3.8) is 0 Å². The highest BCUT2D eigenvalue weighted by Crippen LogP contribution is 2.17. The molecule has 0 bridgehead atoms. The second-order valence-electron chi connectivity index (χ2n) is 4.66. The van der Waals surface area contributed by atoms with Gasteiger partial charge in [0, 0.05) is 13.1 Å². The van der Waals surface area contributed by atoms with Crippen LogP contribution in [-0.4, -0.2) is 52.3 Å². The largest absolute Gasteiger partial charge is 0.390 e. The van der Waals surface area contributed by atoms with E-state index in [-0.39, 0.29) is 0 Å². The summed E-state index contributed by atoms with van der Waals surface area (Å²) in [4.78, 5) is 10.5. The molecule has 6 heteroatoms. The molecule has 1 aromatic heterocycles. The predicted molar refractivity (Wildman–Crippen MR) is 71.9 cm³/mol. The number of nitrogens with zero attached hydrogens (tertiary/aromatic N) is 3. The Morgan fingerprint density at radius 1 is 1.50 bits per heavy atom. The minimum absolute atomic E-state index is 0.408. The molecule has 0 amide bonds. The van der Waals surface area contributed by atoms with E-state index < -0.39 is 6.10 Å². The van der Waals surface area contributed by atoms with Crippen molar-refractivity contribution in [2.24, 2.45) is 0 Å². The fourth-order valence-electron chi connectivity index (χ4n) is 2.12. The van der Waals surface area contributed by atoms with Crippen molar-refractivity contribution >= 4 is 17.4 Å². The van der Waals surface area contributed by atoms with Gasteiger partial charge in [-0.05, 0) is 32.9 Å². The second-order valence-corrected chi connectivity index (χ2v) is 5.06. The molecule has 1 unspecified atom stereocenters. The fraction of sp³-hybridized carbons (Fsp3) is 0.667. The van der Waals surface area contributed by atoms with Crippen LogP contribution < -0.4 is 5.32 Å². The van der Waals surface area contributed by atoms with Gasteiger partial charge >= 0.3 is 0 Å². The Morgan fingerprint density at radius 2 is 2.22 bits per heavy atom. The molecule has 0 radical (unpaired) electrons. The molecule has 18 heavy (non-hydrogen) atoms. The summed E-state index contributed by atoms with van der Waals surface area (Å²) in [7, 11) is 0. The van der Waals surface area contributed by atoms with Crippen LogP contribution in [0.4, 0.5) is 5.82 Å². The number of hydrogen-bond acceptors (Lipinski definition) is 5. The molecule has 2 N–H and O–H groups in total. The Hall–Kier alpha value is -0.910. The number of aromatic nitrogens is 2. The van der Waals surface area contributed by atoms with Crippen LogP contribution in [0.15, 0.2) is 6.20 Å². The Kier molecular flexibility index (Phi) is 4.74. The summed E-state index contributed by atoms with van der Waals surface area (Å²) in [6, 6.07) is 0. The number of likely N-dealkylation sites (tertiary alicyclic amines) is 1. The molecule has 1 atom stereocenters. The van der Waals surface area contributed by atoms with Gasteiger partial charge in [0.2, 0.25) is 0 Å². The predicted octanol–water partition coefficient (Wildman–Crippen LogP) is 1.31. The van der Waals surface area contributed by atoms with Crippen LogP contribution in [0.1, 0.15) is 18.7 Å². The monoisotopic (exact) mass is 270 g/mol. The van der Waals surface area contributed by atoms with Crippen LogP contribution in [0.5, 0.6) is 0 Å². The maximum Gasteiger partial charge on any atom is 0.148 e. The summed E-state index contributed by atoms with van der Waals surface area (Å²) in [5.41, 5.74) is 0. The van der Waals surface area contributed by atoms with Gasteiger partial charge in [-0.3, -0.25) is 0 Å². The molecule has 0 spiro atoms. The molecule has 0 aromatic carbocycles. The normalized spacial score (nSPS) is 17.9. The number of hydrogen-bond donors (Lipinski definition) is 2. The maximum absolute atomic E-state index is 9.94. The third-order valence-corrected chi connectivity index (χ3v) is 3.31. The van der Waals surface area contributed by atoms with Crippen LogP contribution in [-0.2, 0) is 0 Å². The molecule has 0 aliphatic carbocycles. The highest BCUT2D eigenvalue weighted by atomic mass is 35.5. The zero-order chi connectivity index (χ0) is 13.0. The van der Waals surface area contributed by atoms with Gasteiger partial charge in [-0.2, -0.15) is 0 Å². The minimum atomic E-state index is -0.408. The van der Waals surface area contributed by atoms with Gasteiger partial charge in [-0.25, -0.2) is 9.97 Å². The highest BCUT2D eigenvalue weighted by Gasteiger charge is 2.16. The lowest BCUT2D eigenvalue weighted by atomic mass is 10.3. The maximum atomic E-state index is 9.94. The molecule has 0 saturated carbocycles. The van der Waals surface area contributed by atoms with Crippen molar-refractivity contribution in [1.29, 1.82) is 0 Å². The lowest BCUT2D eigenvalue weighted by Crippen LogP contribution is -2.34. The molecule has 1 aliphatic rings. The third-order valence-electron chi connectivity index (χ3n) is 3.04. The summed E-state index contributed by atoms with van der Waals surface area (Å²) in [5, 5.41) is 13.5. The molecule has 5 nitrogen and oxygen atoms in total. The summed E-state index contributed by atoms with van der Waals surface area (Å²) in [6.07, 6.45) is 3.63. The average molecular weight is 271 g/mol. The van der Waals surface area contributed by atoms with E-state index in [4.69, 9.17) is 11.6 Å². The van der Waals surface area contributed by atoms with E-state index >= 15 is 0 Å². The van der Waals surface area contributed by atoms with Gasteiger partial charge in [-0.15, -0.1) is 0 Å². The highest BCUT2D eigenvalue weighted by molar-refractivity contribution is 6.32. The first-order valence-corrected chi connectivity index (χ1v) is 6.66. The lowest BCUT2D eigenvalue weighted by Gasteiger charge is -2.20. The van der Waals surface area contributed by atoms with Gasteiger partial charge in [0.15, 0.2) is 0 Å².